The smallest absolute Gasteiger partial charge is 0.188 e. The molecular formula is C16H27N5O. The van der Waals surface area contributed by atoms with E-state index < -0.39 is 0 Å². The number of nitrogens with one attached hydrogen (secondary N) is 1. The molecule has 0 bridgehead atoms. The van der Waals surface area contributed by atoms with E-state index in [1.54, 1.807) is 0 Å². The van der Waals surface area contributed by atoms with Crippen LogP contribution in [-0.2, 0) is 11.3 Å². The molecule has 1 aliphatic heterocycles. The van der Waals surface area contributed by atoms with Crippen molar-refractivity contribution in [1.82, 2.24) is 10.3 Å². The molecule has 1 saturated heterocycles. The van der Waals surface area contributed by atoms with Crippen LogP contribution < -0.4 is 16.0 Å². The molecule has 6 heteroatoms. The van der Waals surface area contributed by atoms with Crippen LogP contribution in [0.1, 0.15) is 32.8 Å². The van der Waals surface area contributed by atoms with Crippen molar-refractivity contribution in [3.05, 3.63) is 23.9 Å². The molecule has 2 unspecified atom stereocenters. The fourth-order valence-corrected chi connectivity index (χ4v) is 2.55. The van der Waals surface area contributed by atoms with Gasteiger partial charge in [-0.15, -0.1) is 0 Å². The van der Waals surface area contributed by atoms with Crippen molar-refractivity contribution in [1.29, 1.82) is 0 Å². The highest BCUT2D eigenvalue weighted by Gasteiger charge is 2.22. The molecule has 2 atom stereocenters. The summed E-state index contributed by atoms with van der Waals surface area (Å²) >= 11 is 0. The largest absolute Gasteiger partial charge is 0.372 e. The Kier molecular flexibility index (Phi) is 6.00. The molecule has 2 heterocycles. The molecule has 0 radical (unpaired) electrons. The molecule has 1 aromatic heterocycles. The van der Waals surface area contributed by atoms with Crippen LogP contribution in [0.3, 0.4) is 0 Å². The van der Waals surface area contributed by atoms with Gasteiger partial charge in [-0.25, -0.2) is 9.98 Å². The maximum Gasteiger partial charge on any atom is 0.188 e. The van der Waals surface area contributed by atoms with Gasteiger partial charge in [-0.2, -0.15) is 0 Å². The summed E-state index contributed by atoms with van der Waals surface area (Å²) in [6.07, 6.45) is 3.37. The second-order valence-electron chi connectivity index (χ2n) is 5.82. The number of anilines is 1. The van der Waals surface area contributed by atoms with E-state index in [1.165, 1.54) is 0 Å². The molecule has 0 spiro atoms. The minimum Gasteiger partial charge on any atom is -0.372 e. The number of rotatable bonds is 5. The van der Waals surface area contributed by atoms with Gasteiger partial charge in [-0.05, 0) is 31.9 Å². The number of aromatic nitrogens is 1. The van der Waals surface area contributed by atoms with Crippen LogP contribution in [0.15, 0.2) is 23.3 Å². The van der Waals surface area contributed by atoms with Crippen LogP contribution in [0.5, 0.6) is 0 Å². The van der Waals surface area contributed by atoms with Crippen molar-refractivity contribution in [2.24, 2.45) is 10.7 Å². The number of morpholine rings is 1. The molecule has 1 fully saturated rings. The van der Waals surface area contributed by atoms with Gasteiger partial charge in [0.15, 0.2) is 5.96 Å². The molecule has 122 valence electrons. The molecule has 1 aliphatic rings. The maximum absolute atomic E-state index is 5.78. The van der Waals surface area contributed by atoms with Crippen molar-refractivity contribution in [3.63, 3.8) is 0 Å². The quantitative estimate of drug-likeness (QED) is 0.637. The van der Waals surface area contributed by atoms with Crippen LogP contribution in [0, 0.1) is 0 Å². The number of aliphatic imine (C=N–C) groups is 1. The summed E-state index contributed by atoms with van der Waals surface area (Å²) in [6, 6.07) is 4.11. The maximum atomic E-state index is 5.78. The molecule has 0 aliphatic carbocycles. The van der Waals surface area contributed by atoms with Gasteiger partial charge >= 0.3 is 0 Å². The predicted molar refractivity (Wildman–Crippen MR) is 90.1 cm³/mol. The van der Waals surface area contributed by atoms with Gasteiger partial charge in [-0.3, -0.25) is 0 Å². The molecule has 6 nitrogen and oxygen atoms in total. The minimum absolute atomic E-state index is 0.235. The van der Waals surface area contributed by atoms with Crippen molar-refractivity contribution in [3.8, 4) is 0 Å². The standard InChI is InChI=1S/C16H27N5O/c1-4-7-18-16(17)20-9-14-5-6-15(19-8-14)21-10-12(2)22-13(3)11-21/h5-6,8,12-13H,4,7,9-11H2,1-3H3,(H3,17,18,20). The van der Waals surface area contributed by atoms with Crippen LogP contribution in [-0.4, -0.2) is 42.8 Å². The zero-order valence-corrected chi connectivity index (χ0v) is 13.7. The highest BCUT2D eigenvalue weighted by atomic mass is 16.5. The third-order valence-electron chi connectivity index (χ3n) is 3.54. The lowest BCUT2D eigenvalue weighted by Gasteiger charge is -2.36. The summed E-state index contributed by atoms with van der Waals surface area (Å²) in [5.41, 5.74) is 6.84. The number of nitrogens with two attached hydrogens (primary N) is 1. The van der Waals surface area contributed by atoms with Gasteiger partial charge in [0.2, 0.25) is 0 Å². The summed E-state index contributed by atoms with van der Waals surface area (Å²) in [7, 11) is 0. The molecule has 0 amide bonds. The molecule has 0 aromatic carbocycles. The lowest BCUT2D eigenvalue weighted by molar-refractivity contribution is -0.00545. The molecule has 3 N–H and O–H groups in total. The van der Waals surface area contributed by atoms with E-state index in [-0.39, 0.29) is 12.2 Å². The first-order valence-electron chi connectivity index (χ1n) is 7.97. The first kappa shape index (κ1) is 16.5. The van der Waals surface area contributed by atoms with E-state index in [1.807, 2.05) is 12.3 Å². The zero-order valence-electron chi connectivity index (χ0n) is 13.7. The summed E-state index contributed by atoms with van der Waals surface area (Å²) in [5, 5.41) is 3.06. The van der Waals surface area contributed by atoms with Crippen molar-refractivity contribution in [2.45, 2.75) is 45.9 Å². The zero-order chi connectivity index (χ0) is 15.9. The van der Waals surface area contributed by atoms with Crippen LogP contribution in [0.25, 0.3) is 0 Å². The van der Waals surface area contributed by atoms with Gasteiger partial charge in [0.25, 0.3) is 0 Å². The SMILES string of the molecule is CCCNC(N)=NCc1ccc(N2CC(C)OC(C)C2)nc1. The highest BCUT2D eigenvalue weighted by molar-refractivity contribution is 5.77. The molecular weight excluding hydrogens is 278 g/mol. The fourth-order valence-electron chi connectivity index (χ4n) is 2.55. The summed E-state index contributed by atoms with van der Waals surface area (Å²) in [5.74, 6) is 1.48. The molecule has 1 aromatic rings. The van der Waals surface area contributed by atoms with Crippen LogP contribution in [0.4, 0.5) is 5.82 Å². The Morgan fingerprint density at radius 2 is 2.14 bits per heavy atom. The highest BCUT2D eigenvalue weighted by Crippen LogP contribution is 2.18. The van der Waals surface area contributed by atoms with Crippen LogP contribution in [0.2, 0.25) is 0 Å². The fraction of sp³-hybridized carbons (Fsp3) is 0.625. The normalized spacial score (nSPS) is 22.7. The number of ether oxygens (including phenoxy) is 1. The molecule has 22 heavy (non-hydrogen) atoms. The first-order valence-corrected chi connectivity index (χ1v) is 7.97. The Balaban J connectivity index is 1.92. The number of guanidine groups is 1. The van der Waals surface area contributed by atoms with E-state index in [2.05, 4.69) is 47.0 Å². The first-order chi connectivity index (χ1) is 10.6. The number of hydrogen-bond acceptors (Lipinski definition) is 4. The third kappa shape index (κ3) is 4.87. The molecule has 0 saturated carbocycles. The van der Waals surface area contributed by atoms with E-state index in [0.717, 1.165) is 37.4 Å². The lowest BCUT2D eigenvalue weighted by Crippen LogP contribution is -2.45. The summed E-state index contributed by atoms with van der Waals surface area (Å²) < 4.78 is 5.75. The number of pyridine rings is 1. The van der Waals surface area contributed by atoms with E-state index in [0.29, 0.717) is 12.5 Å². The molecule has 2 rings (SSSR count). The Morgan fingerprint density at radius 3 is 2.73 bits per heavy atom. The van der Waals surface area contributed by atoms with Gasteiger partial charge in [0.05, 0.1) is 18.8 Å². The Hall–Kier alpha value is -1.82. The average Bonchev–Trinajstić information content (AvgIpc) is 2.50. The van der Waals surface area contributed by atoms with Crippen molar-refractivity contribution < 1.29 is 4.74 Å². The van der Waals surface area contributed by atoms with Gasteiger partial charge < -0.3 is 20.7 Å². The third-order valence-corrected chi connectivity index (χ3v) is 3.54. The topological polar surface area (TPSA) is 75.8 Å². The number of nitrogens with zero attached hydrogens (tertiary/aromatic N) is 3. The summed E-state index contributed by atoms with van der Waals surface area (Å²) in [4.78, 5) is 11.1. The average molecular weight is 305 g/mol. The Morgan fingerprint density at radius 1 is 1.41 bits per heavy atom. The second kappa shape index (κ2) is 7.98. The Bertz CT molecular complexity index is 478. The second-order valence-corrected chi connectivity index (χ2v) is 5.82. The predicted octanol–water partition coefficient (Wildman–Crippen LogP) is 1.51. The van der Waals surface area contributed by atoms with E-state index in [4.69, 9.17) is 10.5 Å². The van der Waals surface area contributed by atoms with Gasteiger partial charge in [0, 0.05) is 25.8 Å². The van der Waals surface area contributed by atoms with Crippen molar-refractivity contribution in [2.75, 3.05) is 24.5 Å². The summed E-state index contributed by atoms with van der Waals surface area (Å²) in [6.45, 7) is 9.43. The monoisotopic (exact) mass is 305 g/mol. The number of hydrogen-bond donors (Lipinski definition) is 2. The minimum atomic E-state index is 0.235. The van der Waals surface area contributed by atoms with E-state index >= 15 is 0 Å². The van der Waals surface area contributed by atoms with Gasteiger partial charge in [0.1, 0.15) is 5.82 Å². The Labute approximate surface area is 132 Å². The van der Waals surface area contributed by atoms with Crippen molar-refractivity contribution >= 4 is 11.8 Å². The lowest BCUT2D eigenvalue weighted by atomic mass is 10.2. The van der Waals surface area contributed by atoms with Crippen LogP contribution >= 0.6 is 0 Å². The van der Waals surface area contributed by atoms with Gasteiger partial charge in [-0.1, -0.05) is 13.0 Å². The van der Waals surface area contributed by atoms with E-state index in [9.17, 15) is 0 Å².